The van der Waals surface area contributed by atoms with Crippen LogP contribution in [0.4, 0.5) is 4.39 Å². The van der Waals surface area contributed by atoms with Crippen molar-refractivity contribution in [2.24, 2.45) is 5.73 Å². The molecule has 1 aromatic carbocycles. The smallest absolute Gasteiger partial charge is 0.127 e. The average Bonchev–Trinajstić information content (AvgIpc) is 2.10. The largest absolute Gasteiger partial charge is 0.393 e. The number of benzene rings is 1. The van der Waals surface area contributed by atoms with Crippen LogP contribution in [0.3, 0.4) is 0 Å². The van der Waals surface area contributed by atoms with Crippen molar-refractivity contribution in [1.29, 1.82) is 0 Å². The van der Waals surface area contributed by atoms with Crippen LogP contribution in [0.2, 0.25) is 5.02 Å². The maximum atomic E-state index is 13.2. The second kappa shape index (κ2) is 5.29. The molecule has 1 atom stereocenters. The summed E-state index contributed by atoms with van der Waals surface area (Å²) >= 11 is 5.59. The summed E-state index contributed by atoms with van der Waals surface area (Å²) in [5, 5.41) is 9.78. The maximum Gasteiger partial charge on any atom is 0.127 e. The predicted octanol–water partition coefficient (Wildman–Crippen LogP) is 1.73. The molecule has 3 N–H and O–H groups in total. The third kappa shape index (κ3) is 3.25. The first-order chi connectivity index (χ1) is 6.63. The van der Waals surface area contributed by atoms with Gasteiger partial charge in [-0.05, 0) is 30.7 Å². The van der Waals surface area contributed by atoms with Crippen LogP contribution in [0.15, 0.2) is 18.2 Å². The highest BCUT2D eigenvalue weighted by atomic mass is 35.5. The van der Waals surface area contributed by atoms with E-state index in [0.29, 0.717) is 23.6 Å². The summed E-state index contributed by atoms with van der Waals surface area (Å²) in [6.07, 6.45) is 0.165. The zero-order valence-electron chi connectivity index (χ0n) is 7.71. The molecule has 0 radical (unpaired) electrons. The van der Waals surface area contributed by atoms with Crippen LogP contribution in [0, 0.1) is 5.82 Å². The molecular formula is C10H13ClFNO. The van der Waals surface area contributed by atoms with E-state index in [1.807, 2.05) is 0 Å². The van der Waals surface area contributed by atoms with Gasteiger partial charge in [0, 0.05) is 11.4 Å². The van der Waals surface area contributed by atoms with Gasteiger partial charge in [0.1, 0.15) is 5.82 Å². The number of aliphatic hydroxyl groups is 1. The fourth-order valence-electron chi connectivity index (χ4n) is 1.24. The Hall–Kier alpha value is -0.640. The zero-order chi connectivity index (χ0) is 10.6. The van der Waals surface area contributed by atoms with Crippen LogP contribution in [0.5, 0.6) is 0 Å². The van der Waals surface area contributed by atoms with Gasteiger partial charge >= 0.3 is 0 Å². The Morgan fingerprint density at radius 3 is 2.79 bits per heavy atom. The molecule has 0 aliphatic carbocycles. The topological polar surface area (TPSA) is 46.2 Å². The van der Waals surface area contributed by atoms with E-state index in [9.17, 15) is 9.50 Å². The van der Waals surface area contributed by atoms with Gasteiger partial charge < -0.3 is 10.8 Å². The molecule has 0 heterocycles. The minimum atomic E-state index is -0.587. The summed E-state index contributed by atoms with van der Waals surface area (Å²) < 4.78 is 13.2. The van der Waals surface area contributed by atoms with Gasteiger partial charge in [-0.3, -0.25) is 0 Å². The van der Waals surface area contributed by atoms with E-state index in [0.717, 1.165) is 0 Å². The predicted molar refractivity (Wildman–Crippen MR) is 54.8 cm³/mol. The SMILES string of the molecule is NCCC(O)Cc1ccc(Cl)cc1F. The highest BCUT2D eigenvalue weighted by Gasteiger charge is 2.08. The van der Waals surface area contributed by atoms with Crippen molar-refractivity contribution < 1.29 is 9.50 Å². The van der Waals surface area contributed by atoms with E-state index in [1.54, 1.807) is 12.1 Å². The fraction of sp³-hybridized carbons (Fsp3) is 0.400. The van der Waals surface area contributed by atoms with E-state index in [2.05, 4.69) is 0 Å². The first-order valence-corrected chi connectivity index (χ1v) is 4.83. The first-order valence-electron chi connectivity index (χ1n) is 4.45. The van der Waals surface area contributed by atoms with Crippen LogP contribution in [0.1, 0.15) is 12.0 Å². The molecule has 0 spiro atoms. The first kappa shape index (κ1) is 11.4. The minimum absolute atomic E-state index is 0.278. The molecule has 1 aromatic rings. The number of halogens is 2. The lowest BCUT2D eigenvalue weighted by Gasteiger charge is -2.09. The van der Waals surface area contributed by atoms with Crippen molar-refractivity contribution in [3.63, 3.8) is 0 Å². The van der Waals surface area contributed by atoms with Crippen LogP contribution >= 0.6 is 11.6 Å². The molecular weight excluding hydrogens is 205 g/mol. The Labute approximate surface area is 87.5 Å². The summed E-state index contributed by atoms with van der Waals surface area (Å²) in [6, 6.07) is 4.43. The Morgan fingerprint density at radius 1 is 1.50 bits per heavy atom. The van der Waals surface area contributed by atoms with E-state index in [4.69, 9.17) is 17.3 Å². The molecule has 1 unspecified atom stereocenters. The molecule has 78 valence electrons. The Morgan fingerprint density at radius 2 is 2.21 bits per heavy atom. The monoisotopic (exact) mass is 217 g/mol. The van der Waals surface area contributed by atoms with Crippen molar-refractivity contribution >= 4 is 11.6 Å². The molecule has 0 saturated carbocycles. The number of aliphatic hydroxyl groups excluding tert-OH is 1. The second-order valence-corrected chi connectivity index (χ2v) is 3.61. The molecule has 0 aliphatic heterocycles. The third-order valence-corrected chi connectivity index (χ3v) is 2.21. The van der Waals surface area contributed by atoms with E-state index in [-0.39, 0.29) is 12.2 Å². The molecule has 1 rings (SSSR count). The average molecular weight is 218 g/mol. The van der Waals surface area contributed by atoms with Gasteiger partial charge in [0.25, 0.3) is 0 Å². The molecule has 2 nitrogen and oxygen atoms in total. The summed E-state index contributed by atoms with van der Waals surface area (Å²) in [5.41, 5.74) is 5.74. The molecule has 0 aliphatic rings. The standard InChI is InChI=1S/C10H13ClFNO/c11-8-2-1-7(10(12)6-8)5-9(14)3-4-13/h1-2,6,9,14H,3-5,13H2. The lowest BCUT2D eigenvalue weighted by Crippen LogP contribution is -2.16. The number of rotatable bonds is 4. The fourth-order valence-corrected chi connectivity index (χ4v) is 1.39. The summed E-state index contributed by atoms with van der Waals surface area (Å²) in [4.78, 5) is 0. The van der Waals surface area contributed by atoms with Gasteiger partial charge in [-0.1, -0.05) is 17.7 Å². The normalized spacial score (nSPS) is 12.9. The Bertz CT molecular complexity index is 306. The number of hydrogen-bond acceptors (Lipinski definition) is 2. The van der Waals surface area contributed by atoms with Crippen molar-refractivity contribution in [2.45, 2.75) is 18.9 Å². The van der Waals surface area contributed by atoms with Gasteiger partial charge in [-0.15, -0.1) is 0 Å². The van der Waals surface area contributed by atoms with Crippen molar-refractivity contribution in [3.05, 3.63) is 34.6 Å². The highest BCUT2D eigenvalue weighted by molar-refractivity contribution is 6.30. The molecule has 14 heavy (non-hydrogen) atoms. The third-order valence-electron chi connectivity index (χ3n) is 1.97. The van der Waals surface area contributed by atoms with Crippen molar-refractivity contribution in [1.82, 2.24) is 0 Å². The van der Waals surface area contributed by atoms with Gasteiger partial charge in [-0.25, -0.2) is 4.39 Å². The van der Waals surface area contributed by atoms with Crippen molar-refractivity contribution in [2.75, 3.05) is 6.54 Å². The molecule has 0 fully saturated rings. The van der Waals surface area contributed by atoms with Gasteiger partial charge in [0.15, 0.2) is 0 Å². The van der Waals surface area contributed by atoms with Gasteiger partial charge in [0.05, 0.1) is 6.10 Å². The second-order valence-electron chi connectivity index (χ2n) is 3.17. The maximum absolute atomic E-state index is 13.2. The Balaban J connectivity index is 2.67. The van der Waals surface area contributed by atoms with Crippen LogP contribution < -0.4 is 5.73 Å². The van der Waals surface area contributed by atoms with Gasteiger partial charge in [-0.2, -0.15) is 0 Å². The summed E-state index contributed by atoms with van der Waals surface area (Å²) in [6.45, 7) is 0.399. The lowest BCUT2D eigenvalue weighted by molar-refractivity contribution is 0.166. The zero-order valence-corrected chi connectivity index (χ0v) is 8.47. The minimum Gasteiger partial charge on any atom is -0.393 e. The number of hydrogen-bond donors (Lipinski definition) is 2. The van der Waals surface area contributed by atoms with Crippen LogP contribution in [0.25, 0.3) is 0 Å². The number of nitrogens with two attached hydrogens (primary N) is 1. The quantitative estimate of drug-likeness (QED) is 0.807. The van der Waals surface area contributed by atoms with Crippen LogP contribution in [-0.2, 0) is 6.42 Å². The molecule has 4 heteroatoms. The van der Waals surface area contributed by atoms with E-state index < -0.39 is 6.10 Å². The Kier molecular flexibility index (Phi) is 4.32. The highest BCUT2D eigenvalue weighted by Crippen LogP contribution is 2.16. The molecule has 0 bridgehead atoms. The van der Waals surface area contributed by atoms with Crippen molar-refractivity contribution in [3.8, 4) is 0 Å². The molecule has 0 aromatic heterocycles. The lowest BCUT2D eigenvalue weighted by atomic mass is 10.1. The summed E-state index contributed by atoms with van der Waals surface area (Å²) in [5.74, 6) is -0.381. The van der Waals surface area contributed by atoms with E-state index >= 15 is 0 Å². The van der Waals surface area contributed by atoms with Crippen LogP contribution in [-0.4, -0.2) is 17.8 Å². The molecule has 0 saturated heterocycles. The molecule has 0 amide bonds. The van der Waals surface area contributed by atoms with Gasteiger partial charge in [0.2, 0.25) is 0 Å². The summed E-state index contributed by atoms with van der Waals surface area (Å²) in [7, 11) is 0. The van der Waals surface area contributed by atoms with E-state index in [1.165, 1.54) is 6.07 Å².